The van der Waals surface area contributed by atoms with E-state index in [-0.39, 0.29) is 15.7 Å². The molecule has 0 aromatic heterocycles. The highest BCUT2D eigenvalue weighted by Gasteiger charge is 2.38. The van der Waals surface area contributed by atoms with Crippen LogP contribution in [0.3, 0.4) is 0 Å². The molecule has 116 valence electrons. The summed E-state index contributed by atoms with van der Waals surface area (Å²) in [5.41, 5.74) is 5.63. The predicted octanol–water partition coefficient (Wildman–Crippen LogP) is 3.82. The Labute approximate surface area is 131 Å². The molecular formula is C14H19BrFN3O2. The van der Waals surface area contributed by atoms with Crippen LogP contribution in [0.1, 0.15) is 32.6 Å². The second-order valence-corrected chi connectivity index (χ2v) is 6.53. The molecule has 1 aromatic carbocycles. The fourth-order valence-electron chi connectivity index (χ4n) is 3.01. The van der Waals surface area contributed by atoms with Crippen LogP contribution in [0.4, 0.5) is 15.8 Å². The van der Waals surface area contributed by atoms with E-state index in [0.29, 0.717) is 18.2 Å². The van der Waals surface area contributed by atoms with Gasteiger partial charge in [0.15, 0.2) is 0 Å². The van der Waals surface area contributed by atoms with Crippen LogP contribution in [0.25, 0.3) is 0 Å². The van der Waals surface area contributed by atoms with E-state index in [1.807, 2.05) is 0 Å². The fraction of sp³-hybridized carbons (Fsp3) is 0.571. The molecule has 0 spiro atoms. The van der Waals surface area contributed by atoms with Crippen molar-refractivity contribution < 1.29 is 9.31 Å². The first kappa shape index (κ1) is 16.2. The molecule has 21 heavy (non-hydrogen) atoms. The molecule has 1 aliphatic carbocycles. The lowest BCUT2D eigenvalue weighted by atomic mass is 9.73. The molecule has 2 rings (SSSR count). The SMILES string of the molecule is CC1CCCCC1(CN)Nc1cc(Br)c(F)cc1[N+](=O)[O-]. The minimum Gasteiger partial charge on any atom is -0.372 e. The van der Waals surface area contributed by atoms with Crippen molar-refractivity contribution >= 4 is 27.3 Å². The predicted molar refractivity (Wildman–Crippen MR) is 83.8 cm³/mol. The van der Waals surface area contributed by atoms with Gasteiger partial charge in [0.1, 0.15) is 11.5 Å². The Morgan fingerprint density at radius 3 is 2.86 bits per heavy atom. The van der Waals surface area contributed by atoms with Crippen molar-refractivity contribution in [1.29, 1.82) is 0 Å². The van der Waals surface area contributed by atoms with E-state index in [4.69, 9.17) is 5.73 Å². The molecule has 0 heterocycles. The maximum absolute atomic E-state index is 13.5. The van der Waals surface area contributed by atoms with Crippen LogP contribution in [0, 0.1) is 21.8 Å². The number of hydrogen-bond donors (Lipinski definition) is 2. The molecule has 2 atom stereocenters. The minimum atomic E-state index is -0.647. The van der Waals surface area contributed by atoms with Crippen molar-refractivity contribution in [3.63, 3.8) is 0 Å². The van der Waals surface area contributed by atoms with Gasteiger partial charge in [-0.25, -0.2) is 4.39 Å². The molecule has 1 fully saturated rings. The van der Waals surface area contributed by atoms with Gasteiger partial charge in [0.05, 0.1) is 21.0 Å². The largest absolute Gasteiger partial charge is 0.372 e. The van der Waals surface area contributed by atoms with E-state index in [2.05, 4.69) is 28.2 Å². The number of halogens is 2. The minimum absolute atomic E-state index is 0.200. The highest BCUT2D eigenvalue weighted by Crippen LogP contribution is 2.39. The molecular weight excluding hydrogens is 341 g/mol. The summed E-state index contributed by atoms with van der Waals surface area (Å²) < 4.78 is 13.7. The van der Waals surface area contributed by atoms with Crippen LogP contribution in [0.2, 0.25) is 0 Å². The maximum Gasteiger partial charge on any atom is 0.295 e. The van der Waals surface area contributed by atoms with Crippen LogP contribution in [-0.4, -0.2) is 17.0 Å². The van der Waals surface area contributed by atoms with Gasteiger partial charge in [-0.2, -0.15) is 0 Å². The lowest BCUT2D eigenvalue weighted by molar-refractivity contribution is -0.384. The Hall–Kier alpha value is -1.21. The van der Waals surface area contributed by atoms with Gasteiger partial charge >= 0.3 is 0 Å². The zero-order valence-electron chi connectivity index (χ0n) is 11.9. The van der Waals surface area contributed by atoms with E-state index >= 15 is 0 Å². The first-order chi connectivity index (χ1) is 9.89. The lowest BCUT2D eigenvalue weighted by Crippen LogP contribution is -2.52. The number of hydrogen-bond acceptors (Lipinski definition) is 4. The summed E-state index contributed by atoms with van der Waals surface area (Å²) in [4.78, 5) is 10.6. The third-order valence-corrected chi connectivity index (χ3v) is 5.04. The summed E-state index contributed by atoms with van der Waals surface area (Å²) in [6.45, 7) is 2.49. The van der Waals surface area contributed by atoms with Gasteiger partial charge in [-0.3, -0.25) is 10.1 Å². The molecule has 5 nitrogen and oxygen atoms in total. The summed E-state index contributed by atoms with van der Waals surface area (Å²) in [6, 6.07) is 2.36. The number of benzene rings is 1. The first-order valence-corrected chi connectivity index (χ1v) is 7.80. The maximum atomic E-state index is 13.5. The average molecular weight is 360 g/mol. The van der Waals surface area contributed by atoms with Crippen molar-refractivity contribution in [3.05, 3.63) is 32.5 Å². The fourth-order valence-corrected chi connectivity index (χ4v) is 3.35. The van der Waals surface area contributed by atoms with E-state index in [0.717, 1.165) is 31.7 Å². The van der Waals surface area contributed by atoms with E-state index in [1.165, 1.54) is 6.07 Å². The summed E-state index contributed by atoms with van der Waals surface area (Å²) in [6.07, 6.45) is 4.06. The molecule has 0 radical (unpaired) electrons. The van der Waals surface area contributed by atoms with E-state index in [1.54, 1.807) is 0 Å². The molecule has 7 heteroatoms. The summed E-state index contributed by atoms with van der Waals surface area (Å²) >= 11 is 3.08. The van der Waals surface area contributed by atoms with Gasteiger partial charge in [-0.05, 0) is 40.8 Å². The molecule has 0 amide bonds. The van der Waals surface area contributed by atoms with Gasteiger partial charge in [-0.15, -0.1) is 0 Å². The van der Waals surface area contributed by atoms with Crippen LogP contribution in [-0.2, 0) is 0 Å². The summed E-state index contributed by atoms with van der Waals surface area (Å²) in [5, 5.41) is 14.4. The highest BCUT2D eigenvalue weighted by molar-refractivity contribution is 9.10. The quantitative estimate of drug-likeness (QED) is 0.632. The summed E-state index contributed by atoms with van der Waals surface area (Å²) in [7, 11) is 0. The number of anilines is 1. The van der Waals surface area contributed by atoms with E-state index in [9.17, 15) is 14.5 Å². The van der Waals surface area contributed by atoms with Gasteiger partial charge in [0.25, 0.3) is 5.69 Å². The standard InChI is InChI=1S/C14H19BrFN3O2/c1-9-4-2-3-5-14(9,8-17)18-12-6-10(15)11(16)7-13(12)19(20)21/h6-7,9,18H,2-5,8,17H2,1H3. The number of nitro groups is 1. The third-order valence-electron chi connectivity index (χ3n) is 4.44. The number of rotatable bonds is 4. The van der Waals surface area contributed by atoms with Gasteiger partial charge in [0, 0.05) is 6.54 Å². The Balaban J connectivity index is 2.41. The highest BCUT2D eigenvalue weighted by atomic mass is 79.9. The molecule has 1 aromatic rings. The molecule has 0 bridgehead atoms. The number of nitrogens with two attached hydrogens (primary N) is 1. The molecule has 3 N–H and O–H groups in total. The molecule has 0 saturated heterocycles. The second kappa shape index (κ2) is 6.27. The zero-order chi connectivity index (χ0) is 15.6. The van der Waals surface area contributed by atoms with Crippen LogP contribution < -0.4 is 11.1 Å². The van der Waals surface area contributed by atoms with Crippen LogP contribution in [0.5, 0.6) is 0 Å². The molecule has 1 aliphatic rings. The number of nitro benzene ring substituents is 1. The molecule has 0 aliphatic heterocycles. The summed E-state index contributed by atoms with van der Waals surface area (Å²) in [5.74, 6) is -0.342. The van der Waals surface area contributed by atoms with Crippen LogP contribution in [0.15, 0.2) is 16.6 Å². The number of nitrogens with one attached hydrogen (secondary N) is 1. The van der Waals surface area contributed by atoms with E-state index < -0.39 is 10.7 Å². The molecule has 1 saturated carbocycles. The van der Waals surface area contributed by atoms with Crippen molar-refractivity contribution in [2.75, 3.05) is 11.9 Å². The molecule has 2 unspecified atom stereocenters. The average Bonchev–Trinajstić information content (AvgIpc) is 2.45. The lowest BCUT2D eigenvalue weighted by Gasteiger charge is -2.43. The van der Waals surface area contributed by atoms with Gasteiger partial charge < -0.3 is 11.1 Å². The van der Waals surface area contributed by atoms with Crippen molar-refractivity contribution in [2.24, 2.45) is 11.7 Å². The monoisotopic (exact) mass is 359 g/mol. The van der Waals surface area contributed by atoms with Crippen LogP contribution >= 0.6 is 15.9 Å². The first-order valence-electron chi connectivity index (χ1n) is 7.01. The van der Waals surface area contributed by atoms with Gasteiger partial charge in [0.2, 0.25) is 0 Å². The second-order valence-electron chi connectivity index (χ2n) is 5.67. The number of nitrogens with zero attached hydrogens (tertiary/aromatic N) is 1. The third kappa shape index (κ3) is 3.18. The smallest absolute Gasteiger partial charge is 0.295 e. The Bertz CT molecular complexity index is 555. The van der Waals surface area contributed by atoms with Crippen molar-refractivity contribution in [2.45, 2.75) is 38.1 Å². The Morgan fingerprint density at radius 1 is 1.57 bits per heavy atom. The van der Waals surface area contributed by atoms with Crippen molar-refractivity contribution in [3.8, 4) is 0 Å². The normalized spacial score (nSPS) is 25.6. The topological polar surface area (TPSA) is 81.2 Å². The Kier molecular flexibility index (Phi) is 4.83. The zero-order valence-corrected chi connectivity index (χ0v) is 13.5. The van der Waals surface area contributed by atoms with Crippen molar-refractivity contribution in [1.82, 2.24) is 0 Å². The Morgan fingerprint density at radius 2 is 2.29 bits per heavy atom. The van der Waals surface area contributed by atoms with Gasteiger partial charge in [-0.1, -0.05) is 19.8 Å².